The lowest BCUT2D eigenvalue weighted by Gasteiger charge is -2.26. The third kappa shape index (κ3) is 2.49. The van der Waals surface area contributed by atoms with E-state index in [1.165, 1.54) is 27.5 Å². The number of para-hydroxylation sites is 3. The molecule has 1 heterocycles. The van der Waals surface area contributed by atoms with Gasteiger partial charge in [0.15, 0.2) is 0 Å². The Hall–Kier alpha value is -3.52. The molecule has 130 valence electrons. The van der Waals surface area contributed by atoms with E-state index in [1.807, 2.05) is 0 Å². The van der Waals surface area contributed by atoms with Gasteiger partial charge in [-0.1, -0.05) is 60.7 Å². The highest BCUT2D eigenvalue weighted by Crippen LogP contribution is 2.42. The average molecular weight is 348 g/mol. The first-order chi connectivity index (χ1) is 13.3. The second kappa shape index (κ2) is 6.33. The maximum absolute atomic E-state index is 2.34. The number of hydrogen-bond donors (Lipinski definition) is 0. The van der Waals surface area contributed by atoms with Crippen LogP contribution in [0.4, 0.5) is 17.1 Å². The van der Waals surface area contributed by atoms with E-state index in [0.717, 1.165) is 11.4 Å². The maximum Gasteiger partial charge on any atom is 0.0561 e. The van der Waals surface area contributed by atoms with Crippen LogP contribution in [0, 0.1) is 0 Å². The second-order valence-electron chi connectivity index (χ2n) is 6.75. The lowest BCUT2D eigenvalue weighted by Crippen LogP contribution is -2.10. The van der Waals surface area contributed by atoms with Crippen molar-refractivity contribution >= 4 is 38.9 Å². The lowest BCUT2D eigenvalue weighted by atomic mass is 10.1. The molecule has 0 fully saturated rings. The Morgan fingerprint density at radius 2 is 1.11 bits per heavy atom. The molecule has 0 bridgehead atoms. The summed E-state index contributed by atoms with van der Waals surface area (Å²) < 4.78 is 2.28. The number of fused-ring (bicyclic) bond motifs is 3. The van der Waals surface area contributed by atoms with Crippen LogP contribution in [0.25, 0.3) is 21.8 Å². The molecule has 0 atom stereocenters. The third-order valence-electron chi connectivity index (χ3n) is 5.19. The number of aryl methyl sites for hydroxylation is 1. The van der Waals surface area contributed by atoms with Gasteiger partial charge < -0.3 is 9.47 Å². The molecule has 2 nitrogen and oxygen atoms in total. The van der Waals surface area contributed by atoms with E-state index in [0.29, 0.717) is 0 Å². The van der Waals surface area contributed by atoms with Crippen LogP contribution in [0.15, 0.2) is 103 Å². The number of anilines is 3. The van der Waals surface area contributed by atoms with Gasteiger partial charge in [-0.25, -0.2) is 0 Å². The molecule has 0 aliphatic carbocycles. The minimum Gasteiger partial charge on any atom is -0.344 e. The Morgan fingerprint density at radius 3 is 1.78 bits per heavy atom. The highest BCUT2D eigenvalue weighted by Gasteiger charge is 2.18. The smallest absolute Gasteiger partial charge is 0.0561 e. The van der Waals surface area contributed by atoms with Crippen molar-refractivity contribution in [2.75, 3.05) is 4.90 Å². The van der Waals surface area contributed by atoms with Crippen LogP contribution in [0.1, 0.15) is 0 Å². The van der Waals surface area contributed by atoms with E-state index in [9.17, 15) is 0 Å². The third-order valence-corrected chi connectivity index (χ3v) is 5.19. The van der Waals surface area contributed by atoms with Gasteiger partial charge in [0, 0.05) is 34.7 Å². The molecule has 0 amide bonds. The fourth-order valence-electron chi connectivity index (χ4n) is 3.96. The molecular weight excluding hydrogens is 328 g/mol. The SMILES string of the molecule is Cn1c2ccccc2c2c(N(c3ccccc3)c3ccccc3)cccc21. The Bertz CT molecular complexity index is 1180. The zero-order chi connectivity index (χ0) is 18.2. The molecule has 0 N–H and O–H groups in total. The fourth-order valence-corrected chi connectivity index (χ4v) is 3.96. The van der Waals surface area contributed by atoms with Crippen LogP contribution in [-0.4, -0.2) is 4.57 Å². The number of nitrogens with zero attached hydrogens (tertiary/aromatic N) is 2. The van der Waals surface area contributed by atoms with E-state index >= 15 is 0 Å². The second-order valence-corrected chi connectivity index (χ2v) is 6.75. The average Bonchev–Trinajstić information content (AvgIpc) is 3.03. The minimum absolute atomic E-state index is 1.16. The van der Waals surface area contributed by atoms with Crippen molar-refractivity contribution in [2.45, 2.75) is 0 Å². The van der Waals surface area contributed by atoms with Crippen molar-refractivity contribution in [1.82, 2.24) is 4.57 Å². The number of benzene rings is 4. The standard InChI is InChI=1S/C25H20N2/c1-26-22-16-9-8-15-21(22)25-23(26)17-10-18-24(25)27(19-11-4-2-5-12-19)20-13-6-3-7-14-20/h2-18H,1H3. The fraction of sp³-hybridized carbons (Fsp3) is 0.0400. The zero-order valence-corrected chi connectivity index (χ0v) is 15.2. The van der Waals surface area contributed by atoms with Gasteiger partial charge in [-0.2, -0.15) is 0 Å². The lowest BCUT2D eigenvalue weighted by molar-refractivity contribution is 1.01. The molecular formula is C25H20N2. The molecule has 0 spiro atoms. The first-order valence-electron chi connectivity index (χ1n) is 9.21. The van der Waals surface area contributed by atoms with Crippen molar-refractivity contribution in [3.63, 3.8) is 0 Å². The van der Waals surface area contributed by atoms with Crippen LogP contribution in [0.5, 0.6) is 0 Å². The first kappa shape index (κ1) is 15.7. The molecule has 0 saturated heterocycles. The van der Waals surface area contributed by atoms with Crippen molar-refractivity contribution in [2.24, 2.45) is 7.05 Å². The van der Waals surface area contributed by atoms with E-state index in [1.54, 1.807) is 0 Å². The van der Waals surface area contributed by atoms with Crippen LogP contribution in [-0.2, 0) is 7.05 Å². The molecule has 1 aromatic heterocycles. The molecule has 5 aromatic rings. The van der Waals surface area contributed by atoms with Crippen LogP contribution >= 0.6 is 0 Å². The van der Waals surface area contributed by atoms with Crippen LogP contribution < -0.4 is 4.90 Å². The largest absolute Gasteiger partial charge is 0.344 e. The summed E-state index contributed by atoms with van der Waals surface area (Å²) in [4.78, 5) is 2.34. The van der Waals surface area contributed by atoms with E-state index in [2.05, 4.69) is 120 Å². The number of rotatable bonds is 3. The van der Waals surface area contributed by atoms with Gasteiger partial charge in [0.25, 0.3) is 0 Å². The summed E-state index contributed by atoms with van der Waals surface area (Å²) in [7, 11) is 2.14. The molecule has 5 rings (SSSR count). The molecule has 2 heteroatoms. The predicted octanol–water partition coefficient (Wildman–Crippen LogP) is 6.80. The first-order valence-corrected chi connectivity index (χ1v) is 9.21. The normalized spacial score (nSPS) is 11.1. The van der Waals surface area contributed by atoms with Gasteiger partial charge in [-0.05, 0) is 42.5 Å². The molecule has 0 unspecified atom stereocenters. The summed E-state index contributed by atoms with van der Waals surface area (Å²) in [6, 6.07) is 36.3. The molecule has 0 radical (unpaired) electrons. The maximum atomic E-state index is 2.34. The zero-order valence-electron chi connectivity index (χ0n) is 15.2. The summed E-state index contributed by atoms with van der Waals surface area (Å²) in [6.07, 6.45) is 0. The summed E-state index contributed by atoms with van der Waals surface area (Å²) in [5, 5.41) is 2.56. The monoisotopic (exact) mass is 348 g/mol. The highest BCUT2D eigenvalue weighted by atomic mass is 15.1. The van der Waals surface area contributed by atoms with Crippen molar-refractivity contribution in [1.29, 1.82) is 0 Å². The van der Waals surface area contributed by atoms with Gasteiger partial charge in [0.1, 0.15) is 0 Å². The summed E-state index contributed by atoms with van der Waals surface area (Å²) >= 11 is 0. The Morgan fingerprint density at radius 1 is 0.556 bits per heavy atom. The Kier molecular flexibility index (Phi) is 3.68. The molecule has 0 saturated carbocycles. The van der Waals surface area contributed by atoms with Gasteiger partial charge >= 0.3 is 0 Å². The van der Waals surface area contributed by atoms with E-state index in [4.69, 9.17) is 0 Å². The Labute approximate surface area is 158 Å². The van der Waals surface area contributed by atoms with Crippen LogP contribution in [0.2, 0.25) is 0 Å². The predicted molar refractivity (Wildman–Crippen MR) is 115 cm³/mol. The molecule has 4 aromatic carbocycles. The molecule has 27 heavy (non-hydrogen) atoms. The van der Waals surface area contributed by atoms with Gasteiger partial charge in [0.05, 0.1) is 11.2 Å². The Balaban J connectivity index is 1.88. The summed E-state index contributed by atoms with van der Waals surface area (Å²) in [6.45, 7) is 0. The number of aromatic nitrogens is 1. The van der Waals surface area contributed by atoms with Crippen molar-refractivity contribution < 1.29 is 0 Å². The van der Waals surface area contributed by atoms with E-state index in [-0.39, 0.29) is 0 Å². The topological polar surface area (TPSA) is 8.17 Å². The number of hydrogen-bond acceptors (Lipinski definition) is 1. The quantitative estimate of drug-likeness (QED) is 0.348. The van der Waals surface area contributed by atoms with E-state index < -0.39 is 0 Å². The summed E-state index contributed by atoms with van der Waals surface area (Å²) in [5.74, 6) is 0. The minimum atomic E-state index is 1.16. The molecule has 0 aliphatic rings. The van der Waals surface area contributed by atoms with Gasteiger partial charge in [0.2, 0.25) is 0 Å². The van der Waals surface area contributed by atoms with Gasteiger partial charge in [-0.3, -0.25) is 0 Å². The highest BCUT2D eigenvalue weighted by molar-refractivity contribution is 6.15. The van der Waals surface area contributed by atoms with Crippen molar-refractivity contribution in [3.8, 4) is 0 Å². The molecule has 0 aliphatic heterocycles. The summed E-state index contributed by atoms with van der Waals surface area (Å²) in [5.41, 5.74) is 6.00. The van der Waals surface area contributed by atoms with Crippen molar-refractivity contribution in [3.05, 3.63) is 103 Å². The van der Waals surface area contributed by atoms with Crippen LogP contribution in [0.3, 0.4) is 0 Å². The van der Waals surface area contributed by atoms with Gasteiger partial charge in [-0.15, -0.1) is 0 Å².